The van der Waals surface area contributed by atoms with E-state index in [2.05, 4.69) is 15.2 Å². The summed E-state index contributed by atoms with van der Waals surface area (Å²) >= 11 is 6.18. The summed E-state index contributed by atoms with van der Waals surface area (Å²) in [6, 6.07) is 5.37. The van der Waals surface area contributed by atoms with Crippen LogP contribution in [0.25, 0.3) is 11.4 Å². The van der Waals surface area contributed by atoms with Crippen LogP contribution in [0.2, 0.25) is 5.02 Å². The van der Waals surface area contributed by atoms with Gasteiger partial charge in [-0.3, -0.25) is 5.10 Å². The van der Waals surface area contributed by atoms with E-state index in [1.54, 1.807) is 12.1 Å². The zero-order valence-electron chi connectivity index (χ0n) is 10.7. The minimum Gasteiger partial charge on any atom is -0.399 e. The van der Waals surface area contributed by atoms with Crippen LogP contribution < -0.4 is 5.73 Å². The largest absolute Gasteiger partial charge is 0.399 e. The van der Waals surface area contributed by atoms with Crippen molar-refractivity contribution in [2.75, 3.05) is 5.73 Å². The van der Waals surface area contributed by atoms with Crippen molar-refractivity contribution in [3.63, 3.8) is 0 Å². The molecule has 100 valence electrons. The third-order valence-electron chi connectivity index (χ3n) is 3.73. The molecule has 1 fully saturated rings. The maximum Gasteiger partial charge on any atom is 0.182 e. The standard InChI is InChI=1S/C14H17ClN4/c15-12-7-6-10(16)8-11(12)14-17-13(18-19-14)9-4-2-1-3-5-9/h6-9H,1-5,16H2,(H,17,18,19). The summed E-state index contributed by atoms with van der Waals surface area (Å²) in [5.41, 5.74) is 7.25. The Morgan fingerprint density at radius 3 is 2.79 bits per heavy atom. The summed E-state index contributed by atoms with van der Waals surface area (Å²) in [6.07, 6.45) is 6.27. The Labute approximate surface area is 117 Å². The van der Waals surface area contributed by atoms with Crippen molar-refractivity contribution < 1.29 is 0 Å². The Morgan fingerprint density at radius 1 is 1.21 bits per heavy atom. The number of benzene rings is 1. The molecule has 4 nitrogen and oxygen atoms in total. The Morgan fingerprint density at radius 2 is 2.00 bits per heavy atom. The first kappa shape index (κ1) is 12.5. The molecular formula is C14H17ClN4. The number of nitrogen functional groups attached to an aromatic ring is 1. The molecule has 0 spiro atoms. The summed E-state index contributed by atoms with van der Waals surface area (Å²) in [4.78, 5) is 4.60. The predicted octanol–water partition coefficient (Wildman–Crippen LogP) is 3.76. The molecule has 1 aromatic carbocycles. The molecule has 1 aliphatic carbocycles. The minimum absolute atomic E-state index is 0.509. The van der Waals surface area contributed by atoms with E-state index in [0.717, 1.165) is 11.4 Å². The quantitative estimate of drug-likeness (QED) is 0.821. The number of nitrogens with two attached hydrogens (primary N) is 1. The van der Waals surface area contributed by atoms with Crippen LogP contribution in [0.15, 0.2) is 18.2 Å². The van der Waals surface area contributed by atoms with Gasteiger partial charge in [-0.25, -0.2) is 4.98 Å². The number of aromatic amines is 1. The highest BCUT2D eigenvalue weighted by Gasteiger charge is 2.20. The van der Waals surface area contributed by atoms with Gasteiger partial charge in [0, 0.05) is 17.2 Å². The van der Waals surface area contributed by atoms with E-state index in [0.29, 0.717) is 22.5 Å². The van der Waals surface area contributed by atoms with Crippen LogP contribution in [0.4, 0.5) is 5.69 Å². The number of rotatable bonds is 2. The van der Waals surface area contributed by atoms with E-state index in [-0.39, 0.29) is 0 Å². The van der Waals surface area contributed by atoms with Crippen LogP contribution in [-0.4, -0.2) is 15.2 Å². The van der Waals surface area contributed by atoms with Crippen molar-refractivity contribution in [2.24, 2.45) is 0 Å². The van der Waals surface area contributed by atoms with E-state index in [4.69, 9.17) is 17.3 Å². The molecule has 0 unspecified atom stereocenters. The van der Waals surface area contributed by atoms with Crippen LogP contribution in [0.5, 0.6) is 0 Å². The molecule has 1 aromatic heterocycles. The average molecular weight is 277 g/mol. The van der Waals surface area contributed by atoms with Crippen LogP contribution >= 0.6 is 11.6 Å². The van der Waals surface area contributed by atoms with Crippen LogP contribution in [0.3, 0.4) is 0 Å². The maximum atomic E-state index is 6.18. The van der Waals surface area contributed by atoms with Gasteiger partial charge in [0.25, 0.3) is 0 Å². The molecule has 3 rings (SSSR count). The van der Waals surface area contributed by atoms with Gasteiger partial charge in [0.15, 0.2) is 5.82 Å². The lowest BCUT2D eigenvalue weighted by Crippen LogP contribution is -2.06. The fourth-order valence-corrected chi connectivity index (χ4v) is 2.87. The van der Waals surface area contributed by atoms with Crippen molar-refractivity contribution in [3.8, 4) is 11.4 Å². The van der Waals surface area contributed by atoms with E-state index < -0.39 is 0 Å². The number of anilines is 1. The molecule has 0 radical (unpaired) electrons. The highest BCUT2D eigenvalue weighted by molar-refractivity contribution is 6.33. The van der Waals surface area contributed by atoms with Gasteiger partial charge in [-0.15, -0.1) is 0 Å². The molecule has 0 saturated heterocycles. The number of halogens is 1. The second-order valence-corrected chi connectivity index (χ2v) is 5.53. The normalized spacial score (nSPS) is 16.7. The fourth-order valence-electron chi connectivity index (χ4n) is 2.67. The van der Waals surface area contributed by atoms with Crippen molar-refractivity contribution in [1.82, 2.24) is 15.2 Å². The van der Waals surface area contributed by atoms with Gasteiger partial charge in [0.05, 0.1) is 5.02 Å². The van der Waals surface area contributed by atoms with Gasteiger partial charge >= 0.3 is 0 Å². The number of nitrogens with one attached hydrogen (secondary N) is 1. The monoisotopic (exact) mass is 276 g/mol. The van der Waals surface area contributed by atoms with Crippen LogP contribution in [0.1, 0.15) is 43.8 Å². The highest BCUT2D eigenvalue weighted by atomic mass is 35.5. The number of aromatic nitrogens is 3. The summed E-state index contributed by atoms with van der Waals surface area (Å²) in [6.45, 7) is 0. The zero-order valence-corrected chi connectivity index (χ0v) is 11.5. The summed E-state index contributed by atoms with van der Waals surface area (Å²) < 4.78 is 0. The minimum atomic E-state index is 0.509. The first-order valence-electron chi connectivity index (χ1n) is 6.72. The Hall–Kier alpha value is -1.55. The second-order valence-electron chi connectivity index (χ2n) is 5.12. The molecule has 0 atom stereocenters. The van der Waals surface area contributed by atoms with Crippen molar-refractivity contribution in [2.45, 2.75) is 38.0 Å². The Kier molecular flexibility index (Phi) is 3.42. The summed E-state index contributed by atoms with van der Waals surface area (Å²) in [7, 11) is 0. The molecule has 0 amide bonds. The van der Waals surface area contributed by atoms with Crippen LogP contribution in [0, 0.1) is 0 Å². The van der Waals surface area contributed by atoms with E-state index in [1.165, 1.54) is 32.1 Å². The Balaban J connectivity index is 1.89. The molecule has 1 heterocycles. The van der Waals surface area contributed by atoms with Crippen molar-refractivity contribution in [3.05, 3.63) is 29.0 Å². The molecule has 1 saturated carbocycles. The summed E-state index contributed by atoms with van der Waals surface area (Å²) in [5.74, 6) is 2.13. The predicted molar refractivity (Wildman–Crippen MR) is 77.1 cm³/mol. The van der Waals surface area contributed by atoms with Gasteiger partial charge in [-0.2, -0.15) is 5.10 Å². The fraction of sp³-hybridized carbons (Fsp3) is 0.429. The number of nitrogens with zero attached hydrogens (tertiary/aromatic N) is 2. The van der Waals surface area contributed by atoms with E-state index in [9.17, 15) is 0 Å². The third-order valence-corrected chi connectivity index (χ3v) is 4.06. The number of H-pyrrole nitrogens is 1. The summed E-state index contributed by atoms with van der Waals surface area (Å²) in [5, 5.41) is 7.98. The van der Waals surface area contributed by atoms with E-state index >= 15 is 0 Å². The average Bonchev–Trinajstić information content (AvgIpc) is 2.92. The molecule has 3 N–H and O–H groups in total. The Bertz CT molecular complexity index is 573. The van der Waals surface area contributed by atoms with Gasteiger partial charge < -0.3 is 5.73 Å². The molecule has 0 aliphatic heterocycles. The number of hydrogen-bond donors (Lipinski definition) is 2. The van der Waals surface area contributed by atoms with Crippen molar-refractivity contribution in [1.29, 1.82) is 0 Å². The topological polar surface area (TPSA) is 67.6 Å². The second kappa shape index (κ2) is 5.21. The first-order valence-corrected chi connectivity index (χ1v) is 7.09. The zero-order chi connectivity index (χ0) is 13.2. The molecule has 1 aliphatic rings. The third kappa shape index (κ3) is 2.59. The van der Waals surface area contributed by atoms with Crippen LogP contribution in [-0.2, 0) is 0 Å². The molecule has 19 heavy (non-hydrogen) atoms. The SMILES string of the molecule is Nc1ccc(Cl)c(-c2n[nH]c(C3CCCCC3)n2)c1. The maximum absolute atomic E-state index is 6.18. The lowest BCUT2D eigenvalue weighted by atomic mass is 9.89. The van der Waals surface area contributed by atoms with Gasteiger partial charge in [-0.1, -0.05) is 30.9 Å². The highest BCUT2D eigenvalue weighted by Crippen LogP contribution is 2.32. The lowest BCUT2D eigenvalue weighted by Gasteiger charge is -2.18. The van der Waals surface area contributed by atoms with E-state index in [1.807, 2.05) is 6.07 Å². The van der Waals surface area contributed by atoms with Gasteiger partial charge in [0.1, 0.15) is 5.82 Å². The first-order chi connectivity index (χ1) is 9.24. The molecule has 2 aromatic rings. The molecule has 0 bridgehead atoms. The lowest BCUT2D eigenvalue weighted by molar-refractivity contribution is 0.429. The van der Waals surface area contributed by atoms with Crippen molar-refractivity contribution >= 4 is 17.3 Å². The molecule has 5 heteroatoms. The van der Waals surface area contributed by atoms with Gasteiger partial charge in [0.2, 0.25) is 0 Å². The molecular weight excluding hydrogens is 260 g/mol. The number of hydrogen-bond acceptors (Lipinski definition) is 3. The smallest absolute Gasteiger partial charge is 0.182 e. The van der Waals surface area contributed by atoms with Gasteiger partial charge in [-0.05, 0) is 31.0 Å².